The van der Waals surface area contributed by atoms with E-state index < -0.39 is 0 Å². The van der Waals surface area contributed by atoms with Crippen LogP contribution < -0.4 is 14.8 Å². The molecule has 110 valence electrons. The molecule has 2 aromatic rings. The summed E-state index contributed by atoms with van der Waals surface area (Å²) in [6.07, 6.45) is 2.66. The molecule has 1 aromatic heterocycles. The van der Waals surface area contributed by atoms with E-state index in [0.717, 1.165) is 5.56 Å². The number of ether oxygens (including phenoxy) is 2. The lowest BCUT2D eigenvalue weighted by Crippen LogP contribution is -2.23. The summed E-state index contributed by atoms with van der Waals surface area (Å²) in [6, 6.07) is 6.71. The van der Waals surface area contributed by atoms with E-state index in [1.165, 1.54) is 18.5 Å². The number of methoxy groups -OCH3 is 2. The van der Waals surface area contributed by atoms with Gasteiger partial charge in [-0.3, -0.25) is 9.78 Å². The summed E-state index contributed by atoms with van der Waals surface area (Å²) in [6.45, 7) is 0.293. The molecule has 1 heterocycles. The van der Waals surface area contributed by atoms with Crippen molar-refractivity contribution in [3.8, 4) is 17.2 Å². The predicted molar refractivity (Wildman–Crippen MR) is 76.6 cm³/mol. The molecule has 0 radical (unpaired) electrons. The maximum atomic E-state index is 12.0. The van der Waals surface area contributed by atoms with Crippen LogP contribution in [0.3, 0.4) is 0 Å². The number of pyridine rings is 1. The number of nitrogens with one attached hydrogen (secondary N) is 1. The van der Waals surface area contributed by atoms with Gasteiger partial charge in [-0.2, -0.15) is 0 Å². The Bertz CT molecular complexity index is 643. The average molecular weight is 288 g/mol. The molecule has 1 aromatic carbocycles. The van der Waals surface area contributed by atoms with Crippen LogP contribution in [0.2, 0.25) is 0 Å². The topological polar surface area (TPSA) is 80.7 Å². The highest BCUT2D eigenvalue weighted by Gasteiger charge is 2.09. The highest BCUT2D eigenvalue weighted by Crippen LogP contribution is 2.24. The van der Waals surface area contributed by atoms with Gasteiger partial charge in [0, 0.05) is 24.4 Å². The summed E-state index contributed by atoms with van der Waals surface area (Å²) in [7, 11) is 3.13. The minimum absolute atomic E-state index is 0.0512. The minimum Gasteiger partial charge on any atom is -0.506 e. The third-order valence-electron chi connectivity index (χ3n) is 2.92. The number of hydrogen-bond acceptors (Lipinski definition) is 5. The molecule has 0 aliphatic heterocycles. The van der Waals surface area contributed by atoms with Gasteiger partial charge in [0.05, 0.1) is 26.0 Å². The van der Waals surface area contributed by atoms with E-state index in [2.05, 4.69) is 10.3 Å². The van der Waals surface area contributed by atoms with Crippen LogP contribution in [0.4, 0.5) is 0 Å². The number of carbonyl (C=O) groups is 1. The minimum atomic E-state index is -0.323. The number of hydrogen-bond donors (Lipinski definition) is 2. The van der Waals surface area contributed by atoms with Crippen LogP contribution in [-0.2, 0) is 6.54 Å². The molecule has 0 fully saturated rings. The van der Waals surface area contributed by atoms with Crippen molar-refractivity contribution in [3.63, 3.8) is 0 Å². The molecule has 21 heavy (non-hydrogen) atoms. The largest absolute Gasteiger partial charge is 0.506 e. The van der Waals surface area contributed by atoms with E-state index in [0.29, 0.717) is 23.6 Å². The second kappa shape index (κ2) is 6.60. The molecule has 2 N–H and O–H groups in total. The van der Waals surface area contributed by atoms with Crippen molar-refractivity contribution in [3.05, 3.63) is 47.8 Å². The molecule has 0 spiro atoms. The Kier molecular flexibility index (Phi) is 4.61. The van der Waals surface area contributed by atoms with Crippen LogP contribution in [0.5, 0.6) is 17.2 Å². The molecule has 0 aliphatic carbocycles. The van der Waals surface area contributed by atoms with Gasteiger partial charge in [0.25, 0.3) is 5.91 Å². The lowest BCUT2D eigenvalue weighted by molar-refractivity contribution is 0.0950. The van der Waals surface area contributed by atoms with Gasteiger partial charge in [0.15, 0.2) is 0 Å². The summed E-state index contributed by atoms with van der Waals surface area (Å²) in [4.78, 5) is 15.7. The van der Waals surface area contributed by atoms with Crippen LogP contribution in [0.1, 0.15) is 15.9 Å². The maximum Gasteiger partial charge on any atom is 0.253 e. The molecule has 0 atom stereocenters. The molecule has 1 amide bonds. The molecule has 6 nitrogen and oxygen atoms in total. The standard InChI is InChI=1S/C15H16N2O4/c1-20-13-4-3-10(14(6-13)21-2)8-17-15(19)11-5-12(18)9-16-7-11/h3-7,9,18H,8H2,1-2H3,(H,17,19). The second-order valence-electron chi connectivity index (χ2n) is 4.29. The molecule has 2 rings (SSSR count). The summed E-state index contributed by atoms with van der Waals surface area (Å²) in [5.41, 5.74) is 1.11. The lowest BCUT2D eigenvalue weighted by Gasteiger charge is -2.11. The van der Waals surface area contributed by atoms with Crippen molar-refractivity contribution >= 4 is 5.91 Å². The van der Waals surface area contributed by atoms with E-state index in [1.54, 1.807) is 26.4 Å². The zero-order valence-corrected chi connectivity index (χ0v) is 11.8. The van der Waals surface area contributed by atoms with E-state index >= 15 is 0 Å². The molecule has 0 saturated heterocycles. The number of rotatable bonds is 5. The molecule has 0 aliphatic rings. The third-order valence-corrected chi connectivity index (χ3v) is 2.92. The monoisotopic (exact) mass is 288 g/mol. The zero-order chi connectivity index (χ0) is 15.2. The van der Waals surface area contributed by atoms with Gasteiger partial charge >= 0.3 is 0 Å². The summed E-state index contributed by atoms with van der Waals surface area (Å²) >= 11 is 0. The highest BCUT2D eigenvalue weighted by molar-refractivity contribution is 5.94. The average Bonchev–Trinajstić information content (AvgIpc) is 2.52. The van der Waals surface area contributed by atoms with Gasteiger partial charge in [-0.25, -0.2) is 0 Å². The van der Waals surface area contributed by atoms with E-state index in [4.69, 9.17) is 9.47 Å². The lowest BCUT2D eigenvalue weighted by atomic mass is 10.2. The first kappa shape index (κ1) is 14.6. The number of amides is 1. The fourth-order valence-electron chi connectivity index (χ4n) is 1.83. The fourth-order valence-corrected chi connectivity index (χ4v) is 1.83. The Labute approximate surface area is 122 Å². The Morgan fingerprint density at radius 1 is 1.24 bits per heavy atom. The van der Waals surface area contributed by atoms with Crippen molar-refractivity contribution in [2.75, 3.05) is 14.2 Å². The van der Waals surface area contributed by atoms with Gasteiger partial charge in [-0.05, 0) is 18.2 Å². The Hall–Kier alpha value is -2.76. The van der Waals surface area contributed by atoms with Gasteiger partial charge < -0.3 is 19.9 Å². The molecule has 0 saturated carbocycles. The number of carbonyl (C=O) groups excluding carboxylic acids is 1. The summed E-state index contributed by atoms with van der Waals surface area (Å²) in [5.74, 6) is 0.934. The normalized spacial score (nSPS) is 10.0. The first-order valence-corrected chi connectivity index (χ1v) is 6.27. The first-order chi connectivity index (χ1) is 10.1. The third kappa shape index (κ3) is 3.62. The van der Waals surface area contributed by atoms with E-state index in [1.807, 2.05) is 6.07 Å². The quantitative estimate of drug-likeness (QED) is 0.876. The predicted octanol–water partition coefficient (Wildman–Crippen LogP) is 1.73. The van der Waals surface area contributed by atoms with Gasteiger partial charge in [-0.15, -0.1) is 0 Å². The van der Waals surface area contributed by atoms with Crippen molar-refractivity contribution in [1.29, 1.82) is 0 Å². The SMILES string of the molecule is COc1ccc(CNC(=O)c2cncc(O)c2)c(OC)c1. The van der Waals surface area contributed by atoms with Crippen LogP contribution in [0.25, 0.3) is 0 Å². The van der Waals surface area contributed by atoms with E-state index in [-0.39, 0.29) is 11.7 Å². The molecular formula is C15H16N2O4. The van der Waals surface area contributed by atoms with Crippen molar-refractivity contribution in [2.45, 2.75) is 6.54 Å². The fraction of sp³-hybridized carbons (Fsp3) is 0.200. The molecular weight excluding hydrogens is 272 g/mol. The smallest absolute Gasteiger partial charge is 0.253 e. The van der Waals surface area contributed by atoms with Crippen molar-refractivity contribution in [1.82, 2.24) is 10.3 Å². The number of aromatic hydroxyl groups is 1. The Balaban J connectivity index is 2.07. The van der Waals surface area contributed by atoms with E-state index in [9.17, 15) is 9.90 Å². The zero-order valence-electron chi connectivity index (χ0n) is 11.8. The Morgan fingerprint density at radius 3 is 2.71 bits per heavy atom. The summed E-state index contributed by atoms with van der Waals surface area (Å²) < 4.78 is 10.4. The number of benzene rings is 1. The van der Waals surface area contributed by atoms with Crippen LogP contribution in [0, 0.1) is 0 Å². The van der Waals surface area contributed by atoms with Gasteiger partial charge in [-0.1, -0.05) is 0 Å². The second-order valence-corrected chi connectivity index (χ2v) is 4.29. The van der Waals surface area contributed by atoms with Crippen LogP contribution >= 0.6 is 0 Å². The molecule has 6 heteroatoms. The number of nitrogens with zero attached hydrogens (tertiary/aromatic N) is 1. The van der Waals surface area contributed by atoms with Gasteiger partial charge in [0.2, 0.25) is 0 Å². The van der Waals surface area contributed by atoms with Crippen molar-refractivity contribution < 1.29 is 19.4 Å². The van der Waals surface area contributed by atoms with Gasteiger partial charge in [0.1, 0.15) is 17.2 Å². The molecule has 0 bridgehead atoms. The molecule has 0 unspecified atom stereocenters. The maximum absolute atomic E-state index is 12.0. The van der Waals surface area contributed by atoms with Crippen LogP contribution in [-0.4, -0.2) is 30.2 Å². The Morgan fingerprint density at radius 2 is 2.05 bits per heavy atom. The summed E-state index contributed by atoms with van der Waals surface area (Å²) in [5, 5.41) is 12.1. The van der Waals surface area contributed by atoms with Crippen LogP contribution in [0.15, 0.2) is 36.7 Å². The first-order valence-electron chi connectivity index (χ1n) is 6.27. The number of aromatic nitrogens is 1. The van der Waals surface area contributed by atoms with Crippen molar-refractivity contribution in [2.24, 2.45) is 0 Å². The highest BCUT2D eigenvalue weighted by atomic mass is 16.5.